The topological polar surface area (TPSA) is 63.7 Å². The molecule has 2 aromatic carbocycles. The molecule has 0 spiro atoms. The maximum absolute atomic E-state index is 13.0. The SMILES string of the molecule is COc1ccc(S(=O)(=O)N2CC(=C(C)C)c3ccccc3C2=O)cc1. The number of sulfonamides is 1. The van der Waals surface area contributed by atoms with Crippen LogP contribution in [0.1, 0.15) is 29.8 Å². The van der Waals surface area contributed by atoms with Gasteiger partial charge < -0.3 is 4.74 Å². The van der Waals surface area contributed by atoms with Crippen molar-refractivity contribution in [3.8, 4) is 5.75 Å². The van der Waals surface area contributed by atoms with Gasteiger partial charge in [-0.05, 0) is 55.3 Å². The van der Waals surface area contributed by atoms with E-state index in [1.54, 1.807) is 24.3 Å². The number of amides is 1. The zero-order valence-electron chi connectivity index (χ0n) is 14.3. The largest absolute Gasteiger partial charge is 0.497 e. The molecule has 130 valence electrons. The van der Waals surface area contributed by atoms with Crippen molar-refractivity contribution in [2.24, 2.45) is 0 Å². The van der Waals surface area contributed by atoms with Crippen molar-refractivity contribution in [1.82, 2.24) is 4.31 Å². The molecule has 1 amide bonds. The summed E-state index contributed by atoms with van der Waals surface area (Å²) >= 11 is 0. The summed E-state index contributed by atoms with van der Waals surface area (Å²) in [5, 5.41) is 0. The molecule has 0 aliphatic carbocycles. The van der Waals surface area contributed by atoms with Crippen LogP contribution in [0, 0.1) is 0 Å². The highest BCUT2D eigenvalue weighted by molar-refractivity contribution is 7.89. The van der Waals surface area contributed by atoms with Crippen LogP contribution in [0.2, 0.25) is 0 Å². The molecule has 1 aliphatic rings. The van der Waals surface area contributed by atoms with E-state index in [-0.39, 0.29) is 11.4 Å². The first-order valence-corrected chi connectivity index (χ1v) is 9.27. The highest BCUT2D eigenvalue weighted by Gasteiger charge is 2.36. The second-order valence-electron chi connectivity index (χ2n) is 6.02. The molecule has 0 bridgehead atoms. The van der Waals surface area contributed by atoms with E-state index >= 15 is 0 Å². The third kappa shape index (κ3) is 2.93. The zero-order valence-corrected chi connectivity index (χ0v) is 15.1. The minimum Gasteiger partial charge on any atom is -0.497 e. The van der Waals surface area contributed by atoms with Crippen molar-refractivity contribution in [2.45, 2.75) is 18.7 Å². The first kappa shape index (κ1) is 17.2. The first-order valence-electron chi connectivity index (χ1n) is 7.83. The molecule has 2 aromatic rings. The fourth-order valence-corrected chi connectivity index (χ4v) is 4.21. The predicted molar refractivity (Wildman–Crippen MR) is 95.9 cm³/mol. The van der Waals surface area contributed by atoms with Gasteiger partial charge in [-0.25, -0.2) is 12.7 Å². The Labute approximate surface area is 147 Å². The Kier molecular flexibility index (Phi) is 4.39. The summed E-state index contributed by atoms with van der Waals surface area (Å²) in [4.78, 5) is 12.9. The lowest BCUT2D eigenvalue weighted by Gasteiger charge is -2.30. The van der Waals surface area contributed by atoms with Gasteiger partial charge in [-0.15, -0.1) is 0 Å². The molecule has 1 aliphatic heterocycles. The van der Waals surface area contributed by atoms with Crippen molar-refractivity contribution >= 4 is 21.5 Å². The van der Waals surface area contributed by atoms with Gasteiger partial charge in [-0.1, -0.05) is 23.8 Å². The molecular weight excluding hydrogens is 338 g/mol. The first-order chi connectivity index (χ1) is 11.9. The quantitative estimate of drug-likeness (QED) is 0.845. The van der Waals surface area contributed by atoms with E-state index < -0.39 is 15.9 Å². The molecule has 0 saturated heterocycles. The molecule has 0 N–H and O–H groups in total. The predicted octanol–water partition coefficient (Wildman–Crippen LogP) is 3.33. The number of ether oxygens (including phenoxy) is 1. The number of carbonyl (C=O) groups is 1. The highest BCUT2D eigenvalue weighted by Crippen LogP contribution is 2.33. The molecule has 0 unspecified atom stereocenters. The lowest BCUT2D eigenvalue weighted by molar-refractivity contribution is 0.0867. The van der Waals surface area contributed by atoms with Gasteiger partial charge in [0.2, 0.25) is 0 Å². The lowest BCUT2D eigenvalue weighted by atomic mass is 9.93. The fourth-order valence-electron chi connectivity index (χ4n) is 2.86. The third-order valence-corrected chi connectivity index (χ3v) is 6.00. The molecule has 3 rings (SSSR count). The van der Waals surface area contributed by atoms with E-state index in [2.05, 4.69) is 0 Å². The third-order valence-electron chi connectivity index (χ3n) is 4.26. The average Bonchev–Trinajstić information content (AvgIpc) is 2.61. The van der Waals surface area contributed by atoms with Crippen LogP contribution in [0.4, 0.5) is 0 Å². The Hall–Kier alpha value is -2.60. The molecule has 0 saturated carbocycles. The number of allylic oxidation sites excluding steroid dienone is 1. The monoisotopic (exact) mass is 357 g/mol. The number of rotatable bonds is 3. The molecule has 0 aromatic heterocycles. The van der Waals surface area contributed by atoms with Gasteiger partial charge in [-0.2, -0.15) is 0 Å². The highest BCUT2D eigenvalue weighted by atomic mass is 32.2. The van der Waals surface area contributed by atoms with Crippen molar-refractivity contribution in [3.05, 3.63) is 65.2 Å². The molecule has 25 heavy (non-hydrogen) atoms. The number of hydrogen-bond donors (Lipinski definition) is 0. The number of carbonyl (C=O) groups excluding carboxylic acids is 1. The maximum Gasteiger partial charge on any atom is 0.268 e. The summed E-state index contributed by atoms with van der Waals surface area (Å²) in [7, 11) is -2.44. The zero-order chi connectivity index (χ0) is 18.2. The van der Waals surface area contributed by atoms with Crippen LogP contribution >= 0.6 is 0 Å². The fraction of sp³-hybridized carbons (Fsp3) is 0.211. The molecule has 1 heterocycles. The number of methoxy groups -OCH3 is 1. The number of nitrogens with zero attached hydrogens (tertiary/aromatic N) is 1. The minimum absolute atomic E-state index is 0.0343. The molecule has 0 atom stereocenters. The Morgan fingerprint density at radius 3 is 2.16 bits per heavy atom. The van der Waals surface area contributed by atoms with Crippen molar-refractivity contribution in [2.75, 3.05) is 13.7 Å². The Balaban J connectivity index is 2.11. The lowest BCUT2D eigenvalue weighted by Crippen LogP contribution is -2.41. The second-order valence-corrected chi connectivity index (χ2v) is 7.88. The average molecular weight is 357 g/mol. The molecule has 0 fully saturated rings. The summed E-state index contributed by atoms with van der Waals surface area (Å²) in [6, 6.07) is 13.1. The summed E-state index contributed by atoms with van der Waals surface area (Å²) < 4.78 is 32.0. The Morgan fingerprint density at radius 1 is 1.00 bits per heavy atom. The molecule has 5 nitrogen and oxygen atoms in total. The van der Waals surface area contributed by atoms with E-state index in [1.165, 1.54) is 19.2 Å². The van der Waals surface area contributed by atoms with Gasteiger partial charge in [0.15, 0.2) is 0 Å². The van der Waals surface area contributed by atoms with Crippen LogP contribution in [0.5, 0.6) is 5.75 Å². The van der Waals surface area contributed by atoms with Crippen LogP contribution in [-0.4, -0.2) is 32.3 Å². The van der Waals surface area contributed by atoms with E-state index in [0.29, 0.717) is 11.3 Å². The number of hydrogen-bond acceptors (Lipinski definition) is 4. The maximum atomic E-state index is 13.0. The van der Waals surface area contributed by atoms with Crippen LogP contribution in [-0.2, 0) is 10.0 Å². The molecule has 0 radical (unpaired) electrons. The van der Waals surface area contributed by atoms with E-state index in [4.69, 9.17) is 4.74 Å². The minimum atomic E-state index is -3.95. The summed E-state index contributed by atoms with van der Waals surface area (Å²) in [6.45, 7) is 3.87. The van der Waals surface area contributed by atoms with E-state index in [9.17, 15) is 13.2 Å². The van der Waals surface area contributed by atoms with Gasteiger partial charge in [-0.3, -0.25) is 4.79 Å². The van der Waals surface area contributed by atoms with Crippen LogP contribution in [0.15, 0.2) is 59.0 Å². The van der Waals surface area contributed by atoms with Crippen LogP contribution in [0.25, 0.3) is 5.57 Å². The van der Waals surface area contributed by atoms with Crippen LogP contribution < -0.4 is 4.74 Å². The van der Waals surface area contributed by atoms with Gasteiger partial charge in [0.05, 0.1) is 18.6 Å². The van der Waals surface area contributed by atoms with Crippen LogP contribution in [0.3, 0.4) is 0 Å². The number of fused-ring (bicyclic) bond motifs is 1. The number of benzene rings is 2. The normalized spacial score (nSPS) is 14.3. The van der Waals surface area contributed by atoms with E-state index in [1.807, 2.05) is 26.0 Å². The molecular formula is C19H19NO4S. The standard InChI is InChI=1S/C19H19NO4S/c1-13(2)18-12-20(19(21)17-7-5-4-6-16(17)18)25(22,23)15-10-8-14(24-3)9-11-15/h4-11H,12H2,1-3H3. The van der Waals surface area contributed by atoms with E-state index in [0.717, 1.165) is 21.0 Å². The second kappa shape index (κ2) is 6.37. The summed E-state index contributed by atoms with van der Waals surface area (Å²) in [5.41, 5.74) is 3.04. The summed E-state index contributed by atoms with van der Waals surface area (Å²) in [6.07, 6.45) is 0. The van der Waals surface area contributed by atoms with Gasteiger partial charge in [0, 0.05) is 5.56 Å². The van der Waals surface area contributed by atoms with Gasteiger partial charge in [0.25, 0.3) is 15.9 Å². The smallest absolute Gasteiger partial charge is 0.268 e. The van der Waals surface area contributed by atoms with Crippen molar-refractivity contribution in [3.63, 3.8) is 0 Å². The van der Waals surface area contributed by atoms with Crippen molar-refractivity contribution in [1.29, 1.82) is 0 Å². The Morgan fingerprint density at radius 2 is 1.60 bits per heavy atom. The van der Waals surface area contributed by atoms with Gasteiger partial charge in [0.1, 0.15) is 5.75 Å². The Bertz CT molecular complexity index is 955. The summed E-state index contributed by atoms with van der Waals surface area (Å²) in [5.74, 6) is 0.0515. The van der Waals surface area contributed by atoms with Crippen molar-refractivity contribution < 1.29 is 17.9 Å². The van der Waals surface area contributed by atoms with Gasteiger partial charge >= 0.3 is 0 Å². The molecule has 6 heteroatoms.